The molecule has 2 aromatic rings. The lowest BCUT2D eigenvalue weighted by atomic mass is 10.1. The summed E-state index contributed by atoms with van der Waals surface area (Å²) < 4.78 is 0. The highest BCUT2D eigenvalue weighted by Crippen LogP contribution is 2.32. The predicted octanol–water partition coefficient (Wildman–Crippen LogP) is 4.82. The Morgan fingerprint density at radius 2 is 1.73 bits per heavy atom. The second kappa shape index (κ2) is 14.3. The molecule has 2 aromatic carbocycles. The van der Waals surface area contributed by atoms with E-state index in [4.69, 9.17) is 9.90 Å². The summed E-state index contributed by atoms with van der Waals surface area (Å²) in [4.78, 5) is 18.4. The van der Waals surface area contributed by atoms with Gasteiger partial charge in [-0.2, -0.15) is 24.4 Å². The number of hydrogen-bond acceptors (Lipinski definition) is 4. The van der Waals surface area contributed by atoms with Crippen LogP contribution in [0.5, 0.6) is 0 Å². The van der Waals surface area contributed by atoms with Crippen LogP contribution in [-0.4, -0.2) is 29.1 Å². The number of thioether (sulfide) groups is 1. The van der Waals surface area contributed by atoms with Gasteiger partial charge in [-0.3, -0.25) is 10.1 Å². The fourth-order valence-corrected chi connectivity index (χ4v) is 3.99. The van der Waals surface area contributed by atoms with Gasteiger partial charge in [-0.1, -0.05) is 60.7 Å². The summed E-state index contributed by atoms with van der Waals surface area (Å²) in [5, 5.41) is 9.60. The van der Waals surface area contributed by atoms with Crippen LogP contribution in [-0.2, 0) is 11.2 Å². The van der Waals surface area contributed by atoms with Gasteiger partial charge < -0.3 is 5.11 Å². The van der Waals surface area contributed by atoms with Gasteiger partial charge in [0.1, 0.15) is 0 Å². The lowest BCUT2D eigenvalue weighted by molar-refractivity contribution is -0.108. The Kier molecular flexibility index (Phi) is 12.1. The number of amides is 2. The number of imide groups is 1. The van der Waals surface area contributed by atoms with E-state index < -0.39 is 6.09 Å². The Labute approximate surface area is 164 Å². The number of carbonyl (C=O) groups is 2. The number of aryl methyl sites for hydroxylation is 1. The van der Waals surface area contributed by atoms with Crippen molar-refractivity contribution in [1.29, 1.82) is 0 Å². The number of carbonyl (C=O) groups excluding carboxylic acids is 1. The van der Waals surface area contributed by atoms with Gasteiger partial charge in [0, 0.05) is 5.25 Å². The molecular formula is C20H25NO3S2. The molecule has 0 heterocycles. The highest BCUT2D eigenvalue weighted by Gasteiger charge is 2.10. The molecule has 6 heteroatoms. The topological polar surface area (TPSA) is 66.4 Å². The van der Waals surface area contributed by atoms with E-state index in [-0.39, 0.29) is 6.41 Å². The molecule has 0 saturated carbocycles. The maximum atomic E-state index is 9.26. The molecule has 26 heavy (non-hydrogen) atoms. The van der Waals surface area contributed by atoms with E-state index in [2.05, 4.69) is 85.1 Å². The van der Waals surface area contributed by atoms with Gasteiger partial charge in [0.2, 0.25) is 6.41 Å². The molecule has 0 spiro atoms. The molecule has 1 unspecified atom stereocenters. The SMILES string of the molecule is O=CNC(=O)O.SCCC(SCCCc1ccccc1)c1ccccc1. The fraction of sp³-hybridized carbons (Fsp3) is 0.300. The summed E-state index contributed by atoms with van der Waals surface area (Å²) in [5.41, 5.74) is 2.88. The number of rotatable bonds is 9. The molecule has 0 radical (unpaired) electrons. The van der Waals surface area contributed by atoms with Gasteiger partial charge in [0.05, 0.1) is 0 Å². The third-order valence-electron chi connectivity index (χ3n) is 3.52. The zero-order valence-electron chi connectivity index (χ0n) is 14.6. The highest BCUT2D eigenvalue weighted by molar-refractivity contribution is 7.99. The quantitative estimate of drug-likeness (QED) is 0.326. The Hall–Kier alpha value is -1.92. The van der Waals surface area contributed by atoms with Crippen molar-refractivity contribution in [2.24, 2.45) is 0 Å². The lowest BCUT2D eigenvalue weighted by Crippen LogP contribution is -2.17. The van der Waals surface area contributed by atoms with Crippen molar-refractivity contribution in [3.8, 4) is 0 Å². The van der Waals surface area contributed by atoms with E-state index in [1.807, 2.05) is 0 Å². The van der Waals surface area contributed by atoms with E-state index in [0.29, 0.717) is 5.25 Å². The summed E-state index contributed by atoms with van der Waals surface area (Å²) in [7, 11) is 0. The maximum absolute atomic E-state index is 9.26. The summed E-state index contributed by atoms with van der Waals surface area (Å²) in [6.07, 6.45) is 2.33. The van der Waals surface area contributed by atoms with E-state index >= 15 is 0 Å². The van der Waals surface area contributed by atoms with E-state index in [0.717, 1.165) is 12.2 Å². The highest BCUT2D eigenvalue weighted by atomic mass is 32.2. The lowest BCUT2D eigenvalue weighted by Gasteiger charge is -2.16. The molecule has 140 valence electrons. The summed E-state index contributed by atoms with van der Waals surface area (Å²) >= 11 is 6.47. The van der Waals surface area contributed by atoms with E-state index in [1.165, 1.54) is 35.0 Å². The largest absolute Gasteiger partial charge is 0.465 e. The molecule has 0 aliphatic carbocycles. The average molecular weight is 392 g/mol. The van der Waals surface area contributed by atoms with Crippen LogP contribution in [0.3, 0.4) is 0 Å². The molecule has 0 aliphatic rings. The molecule has 0 bridgehead atoms. The first-order chi connectivity index (χ1) is 12.7. The molecule has 2 N–H and O–H groups in total. The third kappa shape index (κ3) is 10.2. The number of nitrogens with one attached hydrogen (secondary N) is 1. The number of carboxylic acid groups (broad SMARTS) is 1. The van der Waals surface area contributed by atoms with Crippen LogP contribution in [0.25, 0.3) is 0 Å². The molecule has 2 amide bonds. The van der Waals surface area contributed by atoms with Crippen LogP contribution in [0, 0.1) is 0 Å². The van der Waals surface area contributed by atoms with Crippen LogP contribution >= 0.6 is 24.4 Å². The second-order valence-electron chi connectivity index (χ2n) is 5.44. The fourth-order valence-electron chi connectivity index (χ4n) is 2.33. The van der Waals surface area contributed by atoms with Crippen molar-refractivity contribution in [2.45, 2.75) is 24.5 Å². The molecule has 4 nitrogen and oxygen atoms in total. The van der Waals surface area contributed by atoms with Gasteiger partial charge in [0.25, 0.3) is 0 Å². The standard InChI is InChI=1S/C18H22S2.C2H3NO3/c19-14-13-18(17-11-5-2-6-12-17)20-15-7-10-16-8-3-1-4-9-16;4-1-3-2(5)6/h1-6,8-9,11-12,18-19H,7,10,13-15H2;1H,(H,3,4)(H,5,6). The smallest absolute Gasteiger partial charge is 0.411 e. The van der Waals surface area contributed by atoms with Crippen LogP contribution in [0.15, 0.2) is 60.7 Å². The monoisotopic (exact) mass is 391 g/mol. The van der Waals surface area contributed by atoms with Crippen LogP contribution in [0.4, 0.5) is 4.79 Å². The van der Waals surface area contributed by atoms with Crippen molar-refractivity contribution in [1.82, 2.24) is 5.32 Å². The number of benzene rings is 2. The Balaban J connectivity index is 0.000000487. The van der Waals surface area contributed by atoms with E-state index in [9.17, 15) is 4.79 Å². The molecule has 0 aromatic heterocycles. The average Bonchev–Trinajstić information content (AvgIpc) is 2.66. The summed E-state index contributed by atoms with van der Waals surface area (Å²) in [5.74, 6) is 2.16. The van der Waals surface area contributed by atoms with Gasteiger partial charge in [0.15, 0.2) is 0 Å². The zero-order chi connectivity index (χ0) is 19.0. The first-order valence-electron chi connectivity index (χ1n) is 8.41. The molecule has 0 aliphatic heterocycles. The minimum Gasteiger partial charge on any atom is -0.465 e. The molecular weight excluding hydrogens is 366 g/mol. The minimum absolute atomic E-state index is 0.0995. The molecule has 0 saturated heterocycles. The normalized spacial score (nSPS) is 11.0. The zero-order valence-corrected chi connectivity index (χ0v) is 16.3. The van der Waals surface area contributed by atoms with Crippen molar-refractivity contribution >= 4 is 36.9 Å². The Bertz CT molecular complexity index is 623. The number of thiol groups is 1. The number of hydrogen-bond donors (Lipinski definition) is 3. The predicted molar refractivity (Wildman–Crippen MR) is 112 cm³/mol. The molecule has 1 atom stereocenters. The van der Waals surface area contributed by atoms with Gasteiger partial charge in [-0.05, 0) is 41.9 Å². The first kappa shape index (κ1) is 22.1. The Morgan fingerprint density at radius 3 is 2.23 bits per heavy atom. The first-order valence-corrected chi connectivity index (χ1v) is 10.1. The minimum atomic E-state index is -1.33. The Morgan fingerprint density at radius 1 is 1.12 bits per heavy atom. The van der Waals surface area contributed by atoms with Crippen LogP contribution in [0.1, 0.15) is 29.2 Å². The van der Waals surface area contributed by atoms with Crippen molar-refractivity contribution in [3.05, 3.63) is 71.8 Å². The second-order valence-corrected chi connectivity index (χ2v) is 7.20. The third-order valence-corrected chi connectivity index (χ3v) is 5.21. The van der Waals surface area contributed by atoms with Crippen molar-refractivity contribution in [2.75, 3.05) is 11.5 Å². The summed E-state index contributed by atoms with van der Waals surface area (Å²) in [6.45, 7) is 0. The van der Waals surface area contributed by atoms with Crippen LogP contribution in [0.2, 0.25) is 0 Å². The van der Waals surface area contributed by atoms with E-state index in [1.54, 1.807) is 0 Å². The van der Waals surface area contributed by atoms with Gasteiger partial charge in [-0.15, -0.1) is 0 Å². The maximum Gasteiger partial charge on any atom is 0.411 e. The molecule has 0 fully saturated rings. The van der Waals surface area contributed by atoms with Crippen molar-refractivity contribution < 1.29 is 14.7 Å². The summed E-state index contributed by atoms with van der Waals surface area (Å²) in [6, 6.07) is 21.6. The van der Waals surface area contributed by atoms with Gasteiger partial charge >= 0.3 is 6.09 Å². The molecule has 2 rings (SSSR count). The van der Waals surface area contributed by atoms with Crippen molar-refractivity contribution in [3.63, 3.8) is 0 Å². The van der Waals surface area contributed by atoms with Gasteiger partial charge in [-0.25, -0.2) is 4.79 Å². The van der Waals surface area contributed by atoms with Crippen LogP contribution < -0.4 is 5.32 Å².